The van der Waals surface area contributed by atoms with Crippen LogP contribution in [0.2, 0.25) is 5.02 Å². The molecule has 0 spiro atoms. The Balaban J connectivity index is 2.15. The predicted octanol–water partition coefficient (Wildman–Crippen LogP) is 2.93. The molecule has 114 valence electrons. The number of hydrogen-bond donors (Lipinski definition) is 1. The second-order valence-electron chi connectivity index (χ2n) is 4.90. The Morgan fingerprint density at radius 1 is 1.43 bits per heavy atom. The maximum atomic E-state index is 12.6. The van der Waals surface area contributed by atoms with Crippen LogP contribution < -0.4 is 5.73 Å². The molecule has 1 aliphatic rings. The number of likely N-dealkylation sites (tertiary alicyclic amines) is 1. The zero-order valence-electron chi connectivity index (χ0n) is 11.0. The molecule has 0 unspecified atom stereocenters. The Morgan fingerprint density at radius 2 is 2.14 bits per heavy atom. The minimum absolute atomic E-state index is 0.0421. The molecular formula is C14H14ClF3N2O. The third-order valence-corrected chi connectivity index (χ3v) is 3.61. The monoisotopic (exact) mass is 318 g/mol. The average Bonchev–Trinajstić information content (AvgIpc) is 2.83. The molecule has 1 heterocycles. The van der Waals surface area contributed by atoms with E-state index in [0.29, 0.717) is 13.1 Å². The zero-order valence-corrected chi connectivity index (χ0v) is 11.8. The highest BCUT2D eigenvalue weighted by atomic mass is 35.5. The van der Waals surface area contributed by atoms with Crippen molar-refractivity contribution in [2.24, 2.45) is 5.73 Å². The van der Waals surface area contributed by atoms with Gasteiger partial charge >= 0.3 is 6.18 Å². The van der Waals surface area contributed by atoms with E-state index in [1.54, 1.807) is 4.90 Å². The van der Waals surface area contributed by atoms with Crippen LogP contribution >= 0.6 is 11.6 Å². The number of carbonyl (C=O) groups is 1. The molecule has 0 bridgehead atoms. The third-order valence-electron chi connectivity index (χ3n) is 3.27. The summed E-state index contributed by atoms with van der Waals surface area (Å²) in [6, 6.07) is 2.95. The van der Waals surface area contributed by atoms with Gasteiger partial charge in [-0.05, 0) is 36.3 Å². The van der Waals surface area contributed by atoms with Crippen molar-refractivity contribution in [3.05, 3.63) is 40.4 Å². The van der Waals surface area contributed by atoms with Crippen LogP contribution in [-0.4, -0.2) is 29.9 Å². The number of hydrogen-bond acceptors (Lipinski definition) is 2. The first-order valence-corrected chi connectivity index (χ1v) is 6.74. The third kappa shape index (κ3) is 3.98. The summed E-state index contributed by atoms with van der Waals surface area (Å²) in [5.41, 5.74) is 5.05. The molecule has 0 aromatic heterocycles. The van der Waals surface area contributed by atoms with Gasteiger partial charge in [0.05, 0.1) is 5.56 Å². The van der Waals surface area contributed by atoms with Crippen molar-refractivity contribution in [2.75, 3.05) is 13.1 Å². The lowest BCUT2D eigenvalue weighted by molar-refractivity contribution is -0.137. The Morgan fingerprint density at radius 3 is 2.71 bits per heavy atom. The maximum Gasteiger partial charge on any atom is 0.416 e. The van der Waals surface area contributed by atoms with E-state index in [0.717, 1.165) is 18.6 Å². The maximum absolute atomic E-state index is 12.6. The summed E-state index contributed by atoms with van der Waals surface area (Å²) in [4.78, 5) is 13.4. The molecule has 1 aliphatic heterocycles. The van der Waals surface area contributed by atoms with E-state index in [1.165, 1.54) is 18.2 Å². The fraction of sp³-hybridized carbons (Fsp3) is 0.357. The van der Waals surface area contributed by atoms with E-state index in [1.807, 2.05) is 0 Å². The summed E-state index contributed by atoms with van der Waals surface area (Å²) in [5, 5.41) is 0.158. The van der Waals surface area contributed by atoms with Gasteiger partial charge in [-0.3, -0.25) is 4.79 Å². The summed E-state index contributed by atoms with van der Waals surface area (Å²) in [5.74, 6) is -0.281. The first kappa shape index (κ1) is 15.9. The lowest BCUT2D eigenvalue weighted by Crippen LogP contribution is -2.30. The summed E-state index contributed by atoms with van der Waals surface area (Å²) in [6.45, 7) is 1.01. The highest BCUT2D eigenvalue weighted by Gasteiger charge is 2.30. The first-order valence-electron chi connectivity index (χ1n) is 6.36. The lowest BCUT2D eigenvalue weighted by Gasteiger charge is -2.13. The molecule has 0 aliphatic carbocycles. The first-order chi connectivity index (χ1) is 9.77. The minimum atomic E-state index is -4.45. The van der Waals surface area contributed by atoms with Gasteiger partial charge in [0.1, 0.15) is 0 Å². The number of benzene rings is 1. The van der Waals surface area contributed by atoms with Crippen molar-refractivity contribution in [1.29, 1.82) is 0 Å². The lowest BCUT2D eigenvalue weighted by atomic mass is 10.1. The van der Waals surface area contributed by atoms with Crippen molar-refractivity contribution in [3.8, 4) is 0 Å². The van der Waals surface area contributed by atoms with Crippen molar-refractivity contribution in [3.63, 3.8) is 0 Å². The number of rotatable bonds is 2. The number of nitrogens with two attached hydrogens (primary N) is 1. The molecule has 7 heteroatoms. The Bertz CT molecular complexity index is 572. The second-order valence-corrected chi connectivity index (χ2v) is 5.31. The van der Waals surface area contributed by atoms with E-state index in [2.05, 4.69) is 0 Å². The van der Waals surface area contributed by atoms with E-state index in [9.17, 15) is 18.0 Å². The van der Waals surface area contributed by atoms with Gasteiger partial charge in [0.15, 0.2) is 0 Å². The molecule has 2 rings (SSSR count). The van der Waals surface area contributed by atoms with Crippen molar-refractivity contribution in [1.82, 2.24) is 4.90 Å². The Kier molecular flexibility index (Phi) is 4.58. The summed E-state index contributed by atoms with van der Waals surface area (Å²) in [6.07, 6.45) is -1.20. The molecule has 0 saturated carbocycles. The second kappa shape index (κ2) is 6.07. The number of amides is 1. The molecule has 1 amide bonds. The van der Waals surface area contributed by atoms with E-state index >= 15 is 0 Å². The van der Waals surface area contributed by atoms with Crippen LogP contribution in [0.25, 0.3) is 6.08 Å². The van der Waals surface area contributed by atoms with E-state index in [4.69, 9.17) is 17.3 Å². The molecular weight excluding hydrogens is 305 g/mol. The van der Waals surface area contributed by atoms with E-state index in [-0.39, 0.29) is 22.5 Å². The molecule has 3 nitrogen and oxygen atoms in total. The van der Waals surface area contributed by atoms with Gasteiger partial charge in [-0.15, -0.1) is 0 Å². The standard InChI is InChI=1S/C14H14ClF3N2O/c15-12-3-2-10(14(16,17)18)7-9(12)1-4-13(21)20-6-5-11(19)8-20/h1-4,7,11H,5-6,8,19H2/b4-1+/t11-/m1/s1. The molecule has 1 saturated heterocycles. The highest BCUT2D eigenvalue weighted by molar-refractivity contribution is 6.32. The molecule has 1 atom stereocenters. The summed E-state index contributed by atoms with van der Waals surface area (Å²) in [7, 11) is 0. The average molecular weight is 319 g/mol. The van der Waals surface area contributed by atoms with Gasteiger partial charge in [-0.25, -0.2) is 0 Å². The van der Waals surface area contributed by atoms with Gasteiger partial charge in [0.25, 0.3) is 0 Å². The fourth-order valence-corrected chi connectivity index (χ4v) is 2.28. The normalized spacial score (nSPS) is 19.5. The Hall–Kier alpha value is -1.53. The summed E-state index contributed by atoms with van der Waals surface area (Å²) < 4.78 is 37.9. The van der Waals surface area contributed by atoms with Gasteiger partial charge in [0.2, 0.25) is 5.91 Å². The van der Waals surface area contributed by atoms with Crippen molar-refractivity contribution in [2.45, 2.75) is 18.6 Å². The van der Waals surface area contributed by atoms with Gasteiger partial charge < -0.3 is 10.6 Å². The van der Waals surface area contributed by atoms with Crippen molar-refractivity contribution < 1.29 is 18.0 Å². The van der Waals surface area contributed by atoms with Crippen LogP contribution in [0.5, 0.6) is 0 Å². The molecule has 2 N–H and O–H groups in total. The SMILES string of the molecule is N[C@@H]1CCN(C(=O)/C=C/c2cc(C(F)(F)F)ccc2Cl)C1. The van der Waals surface area contributed by atoms with Gasteiger partial charge in [0, 0.05) is 30.2 Å². The number of alkyl halides is 3. The van der Waals surface area contributed by atoms with Gasteiger partial charge in [-0.1, -0.05) is 11.6 Å². The van der Waals surface area contributed by atoms with Crippen LogP contribution in [0.15, 0.2) is 24.3 Å². The fourth-order valence-electron chi connectivity index (χ4n) is 2.10. The van der Waals surface area contributed by atoms with Crippen LogP contribution in [0.1, 0.15) is 17.5 Å². The van der Waals surface area contributed by atoms with E-state index < -0.39 is 11.7 Å². The van der Waals surface area contributed by atoms with Crippen LogP contribution in [0.4, 0.5) is 13.2 Å². The highest BCUT2D eigenvalue weighted by Crippen LogP contribution is 2.32. The van der Waals surface area contributed by atoms with Gasteiger partial charge in [-0.2, -0.15) is 13.2 Å². The van der Waals surface area contributed by atoms with Crippen molar-refractivity contribution >= 4 is 23.6 Å². The largest absolute Gasteiger partial charge is 0.416 e. The Labute approximate surface area is 125 Å². The molecule has 21 heavy (non-hydrogen) atoms. The molecule has 1 aromatic carbocycles. The smallest absolute Gasteiger partial charge is 0.338 e. The quantitative estimate of drug-likeness (QED) is 0.852. The molecule has 0 radical (unpaired) electrons. The molecule has 1 aromatic rings. The van der Waals surface area contributed by atoms with Crippen LogP contribution in [0.3, 0.4) is 0 Å². The summed E-state index contributed by atoms with van der Waals surface area (Å²) >= 11 is 5.85. The topological polar surface area (TPSA) is 46.3 Å². The zero-order chi connectivity index (χ0) is 15.6. The molecule has 1 fully saturated rings. The number of halogens is 4. The number of carbonyl (C=O) groups excluding carboxylic acids is 1. The van der Waals surface area contributed by atoms with Crippen LogP contribution in [-0.2, 0) is 11.0 Å². The minimum Gasteiger partial charge on any atom is -0.338 e. The number of nitrogens with zero attached hydrogens (tertiary/aromatic N) is 1. The van der Waals surface area contributed by atoms with Crippen LogP contribution in [0, 0.1) is 0 Å². The predicted molar refractivity (Wildman–Crippen MR) is 74.7 cm³/mol.